The van der Waals surface area contributed by atoms with Crippen LogP contribution in [0, 0.1) is 11.3 Å². The van der Waals surface area contributed by atoms with Gasteiger partial charge in [-0.1, -0.05) is 0 Å². The van der Waals surface area contributed by atoms with Crippen molar-refractivity contribution in [3.05, 3.63) is 54.1 Å². The molecule has 2 aromatic carbocycles. The smallest absolute Gasteiger partial charge is 0.0991 e. The Morgan fingerprint density at radius 2 is 1.39 bits per heavy atom. The van der Waals surface area contributed by atoms with E-state index in [1.54, 1.807) is 24.3 Å². The van der Waals surface area contributed by atoms with Crippen molar-refractivity contribution in [3.63, 3.8) is 0 Å². The van der Waals surface area contributed by atoms with Crippen LogP contribution in [-0.4, -0.2) is 7.05 Å². The highest BCUT2D eigenvalue weighted by Gasteiger charge is 1.93. The first kappa shape index (κ1) is 11.8. The zero-order chi connectivity index (χ0) is 12.8. The molecule has 0 atom stereocenters. The summed E-state index contributed by atoms with van der Waals surface area (Å²) in [5.41, 5.74) is 3.17. The van der Waals surface area contributed by atoms with Crippen LogP contribution >= 0.6 is 0 Å². The summed E-state index contributed by atoms with van der Waals surface area (Å²) in [4.78, 5) is 0. The molecule has 0 spiro atoms. The van der Waals surface area contributed by atoms with Crippen LogP contribution in [0.15, 0.2) is 58.8 Å². The molecular formula is C14H12N4. The molecule has 0 aromatic heterocycles. The number of anilines is 1. The van der Waals surface area contributed by atoms with E-state index in [0.717, 1.165) is 17.1 Å². The number of nitrogens with one attached hydrogen (secondary N) is 1. The molecule has 0 aliphatic heterocycles. The van der Waals surface area contributed by atoms with Gasteiger partial charge in [-0.3, -0.25) is 0 Å². The fraction of sp³-hybridized carbons (Fsp3) is 0.0714. The van der Waals surface area contributed by atoms with Gasteiger partial charge in [0, 0.05) is 12.7 Å². The van der Waals surface area contributed by atoms with Crippen molar-refractivity contribution in [3.8, 4) is 6.07 Å². The van der Waals surface area contributed by atoms with Crippen LogP contribution < -0.4 is 5.32 Å². The second-order valence-corrected chi connectivity index (χ2v) is 3.66. The van der Waals surface area contributed by atoms with Crippen molar-refractivity contribution in [1.82, 2.24) is 0 Å². The van der Waals surface area contributed by atoms with Crippen LogP contribution in [0.5, 0.6) is 0 Å². The maximum absolute atomic E-state index is 8.68. The summed E-state index contributed by atoms with van der Waals surface area (Å²) in [7, 11) is 1.87. The molecule has 4 heteroatoms. The van der Waals surface area contributed by atoms with Gasteiger partial charge in [0.25, 0.3) is 0 Å². The SMILES string of the molecule is CNc1ccc(N=Nc2ccc(C#N)cc2)cc1. The van der Waals surface area contributed by atoms with E-state index in [9.17, 15) is 0 Å². The largest absolute Gasteiger partial charge is 0.388 e. The van der Waals surface area contributed by atoms with Gasteiger partial charge in [0.15, 0.2) is 0 Å². The zero-order valence-electron chi connectivity index (χ0n) is 9.96. The van der Waals surface area contributed by atoms with Crippen molar-refractivity contribution in [2.75, 3.05) is 12.4 Å². The van der Waals surface area contributed by atoms with Gasteiger partial charge >= 0.3 is 0 Å². The highest BCUT2D eigenvalue weighted by Crippen LogP contribution is 2.20. The van der Waals surface area contributed by atoms with Gasteiger partial charge < -0.3 is 5.32 Å². The minimum Gasteiger partial charge on any atom is -0.388 e. The lowest BCUT2D eigenvalue weighted by molar-refractivity contribution is 1.23. The summed E-state index contributed by atoms with van der Waals surface area (Å²) in [6.07, 6.45) is 0. The third-order valence-corrected chi connectivity index (χ3v) is 2.43. The maximum Gasteiger partial charge on any atom is 0.0991 e. The lowest BCUT2D eigenvalue weighted by Crippen LogP contribution is -1.84. The molecule has 0 heterocycles. The second-order valence-electron chi connectivity index (χ2n) is 3.66. The summed E-state index contributed by atoms with van der Waals surface area (Å²) in [5, 5.41) is 19.9. The van der Waals surface area contributed by atoms with Crippen LogP contribution in [-0.2, 0) is 0 Å². The molecule has 2 rings (SSSR count). The molecule has 18 heavy (non-hydrogen) atoms. The molecule has 0 saturated carbocycles. The van der Waals surface area contributed by atoms with Crippen molar-refractivity contribution in [2.24, 2.45) is 10.2 Å². The maximum atomic E-state index is 8.68. The summed E-state index contributed by atoms with van der Waals surface area (Å²) >= 11 is 0. The van der Waals surface area contributed by atoms with Gasteiger partial charge in [0.2, 0.25) is 0 Å². The molecule has 0 unspecified atom stereocenters. The van der Waals surface area contributed by atoms with Crippen LogP contribution in [0.3, 0.4) is 0 Å². The number of rotatable bonds is 3. The molecule has 1 N–H and O–H groups in total. The van der Waals surface area contributed by atoms with E-state index in [-0.39, 0.29) is 0 Å². The molecule has 2 aromatic rings. The Labute approximate surface area is 106 Å². The number of benzene rings is 2. The zero-order valence-corrected chi connectivity index (χ0v) is 9.96. The van der Waals surface area contributed by atoms with Crippen LogP contribution in [0.2, 0.25) is 0 Å². The van der Waals surface area contributed by atoms with Gasteiger partial charge in [0.05, 0.1) is 23.0 Å². The van der Waals surface area contributed by atoms with Gasteiger partial charge in [0.1, 0.15) is 0 Å². The monoisotopic (exact) mass is 236 g/mol. The molecule has 0 aliphatic carbocycles. The van der Waals surface area contributed by atoms with Gasteiger partial charge in [-0.25, -0.2) is 0 Å². The third kappa shape index (κ3) is 2.92. The molecule has 0 fully saturated rings. The lowest BCUT2D eigenvalue weighted by Gasteiger charge is -1.98. The van der Waals surface area contributed by atoms with E-state index in [2.05, 4.69) is 21.6 Å². The molecule has 88 valence electrons. The predicted molar refractivity (Wildman–Crippen MR) is 71.3 cm³/mol. The average Bonchev–Trinajstić information content (AvgIpc) is 2.46. The molecule has 0 radical (unpaired) electrons. The Morgan fingerprint density at radius 3 is 1.83 bits per heavy atom. The quantitative estimate of drug-likeness (QED) is 0.818. The average molecular weight is 236 g/mol. The number of nitrogens with zero attached hydrogens (tertiary/aromatic N) is 3. The molecule has 0 bridgehead atoms. The Balaban J connectivity index is 2.11. The number of azo groups is 1. The fourth-order valence-corrected chi connectivity index (χ4v) is 1.41. The fourth-order valence-electron chi connectivity index (χ4n) is 1.41. The molecule has 4 nitrogen and oxygen atoms in total. The highest BCUT2D eigenvalue weighted by atomic mass is 15.1. The van der Waals surface area contributed by atoms with Crippen LogP contribution in [0.4, 0.5) is 17.1 Å². The Kier molecular flexibility index (Phi) is 3.67. The Morgan fingerprint density at radius 1 is 0.889 bits per heavy atom. The number of nitriles is 1. The van der Waals surface area contributed by atoms with Crippen molar-refractivity contribution < 1.29 is 0 Å². The Bertz CT molecular complexity index is 577. The van der Waals surface area contributed by atoms with E-state index < -0.39 is 0 Å². The minimum absolute atomic E-state index is 0.618. The standard InChI is InChI=1S/C14H12N4/c1-16-12-6-8-14(9-7-12)18-17-13-4-2-11(10-15)3-5-13/h2-9,16H,1H3. The normalized spacial score (nSPS) is 10.2. The van der Waals surface area contributed by atoms with Crippen LogP contribution in [0.1, 0.15) is 5.56 Å². The first-order valence-corrected chi connectivity index (χ1v) is 5.51. The summed E-state index contributed by atoms with van der Waals surface area (Å²) in [6.45, 7) is 0. The number of hydrogen-bond acceptors (Lipinski definition) is 4. The Hall–Kier alpha value is -2.67. The van der Waals surface area contributed by atoms with Gasteiger partial charge in [-0.2, -0.15) is 15.5 Å². The van der Waals surface area contributed by atoms with E-state index in [1.165, 1.54) is 0 Å². The summed E-state index contributed by atoms with van der Waals surface area (Å²) in [5.74, 6) is 0. The molecule has 0 amide bonds. The second kappa shape index (κ2) is 5.60. The van der Waals surface area contributed by atoms with E-state index >= 15 is 0 Å². The number of hydrogen-bond donors (Lipinski definition) is 1. The molecule has 0 saturated heterocycles. The van der Waals surface area contributed by atoms with Crippen LogP contribution in [0.25, 0.3) is 0 Å². The van der Waals surface area contributed by atoms with Crippen molar-refractivity contribution in [2.45, 2.75) is 0 Å². The van der Waals surface area contributed by atoms with Crippen molar-refractivity contribution in [1.29, 1.82) is 5.26 Å². The van der Waals surface area contributed by atoms with E-state index in [1.807, 2.05) is 31.3 Å². The highest BCUT2D eigenvalue weighted by molar-refractivity contribution is 5.50. The van der Waals surface area contributed by atoms with Crippen molar-refractivity contribution >= 4 is 17.1 Å². The summed E-state index contributed by atoms with van der Waals surface area (Å²) in [6, 6.07) is 16.7. The van der Waals surface area contributed by atoms with E-state index in [4.69, 9.17) is 5.26 Å². The molecule has 0 aliphatic rings. The lowest BCUT2D eigenvalue weighted by atomic mass is 10.2. The minimum atomic E-state index is 0.618. The predicted octanol–water partition coefficient (Wildman–Crippen LogP) is 4.02. The first-order valence-electron chi connectivity index (χ1n) is 5.51. The van der Waals surface area contributed by atoms with Gasteiger partial charge in [-0.15, -0.1) is 0 Å². The molecular weight excluding hydrogens is 224 g/mol. The first-order chi connectivity index (χ1) is 8.81. The van der Waals surface area contributed by atoms with E-state index in [0.29, 0.717) is 5.56 Å². The topological polar surface area (TPSA) is 60.5 Å². The summed E-state index contributed by atoms with van der Waals surface area (Å²) < 4.78 is 0. The third-order valence-electron chi connectivity index (χ3n) is 2.43. The van der Waals surface area contributed by atoms with Gasteiger partial charge in [-0.05, 0) is 48.5 Å².